The van der Waals surface area contributed by atoms with Crippen LogP contribution in [0.2, 0.25) is 0 Å². The van der Waals surface area contributed by atoms with E-state index < -0.39 is 71.0 Å². The quantitative estimate of drug-likeness (QED) is 0.217. The molecule has 0 heterocycles. The van der Waals surface area contributed by atoms with Crippen LogP contribution in [0, 0.1) is 5.92 Å². The molecule has 1 N–H and O–H groups in total. The molecule has 1 rings (SSSR count). The molecular weight excluding hydrogens is 492 g/mol. The number of ether oxygens (including phenoxy) is 3. The van der Waals surface area contributed by atoms with Crippen molar-refractivity contribution >= 4 is 22.1 Å². The molecule has 0 aliphatic heterocycles. The van der Waals surface area contributed by atoms with E-state index >= 15 is 0 Å². The van der Waals surface area contributed by atoms with Gasteiger partial charge in [0.25, 0.3) is 0 Å². The van der Waals surface area contributed by atoms with Crippen molar-refractivity contribution in [3.05, 3.63) is 0 Å². The van der Waals surface area contributed by atoms with Crippen LogP contribution < -0.4 is 0 Å². The summed E-state index contributed by atoms with van der Waals surface area (Å²) >= 11 is 0. The van der Waals surface area contributed by atoms with Crippen molar-refractivity contribution in [1.29, 1.82) is 0 Å². The Bertz CT molecular complexity index is 773. The number of alkyl halides is 8. The van der Waals surface area contributed by atoms with Crippen LogP contribution in [0.15, 0.2) is 0 Å². The van der Waals surface area contributed by atoms with Crippen molar-refractivity contribution in [2.75, 3.05) is 13.2 Å². The zero-order chi connectivity index (χ0) is 25.0. The van der Waals surface area contributed by atoms with Crippen molar-refractivity contribution in [2.24, 2.45) is 5.92 Å². The van der Waals surface area contributed by atoms with Crippen molar-refractivity contribution in [2.45, 2.75) is 61.9 Å². The lowest BCUT2D eigenvalue weighted by Gasteiger charge is -2.34. The van der Waals surface area contributed by atoms with Gasteiger partial charge in [-0.15, -0.1) is 0 Å². The van der Waals surface area contributed by atoms with Gasteiger partial charge in [0.2, 0.25) is 0 Å². The van der Waals surface area contributed by atoms with Gasteiger partial charge in [-0.1, -0.05) is 19.3 Å². The first-order valence-electron chi connectivity index (χ1n) is 8.85. The van der Waals surface area contributed by atoms with Gasteiger partial charge in [-0.25, -0.2) is 4.79 Å². The Morgan fingerprint density at radius 3 is 1.91 bits per heavy atom. The summed E-state index contributed by atoms with van der Waals surface area (Å²) in [4.78, 5) is 24.2. The van der Waals surface area contributed by atoms with Gasteiger partial charge >= 0.3 is 45.5 Å². The molecule has 188 valence electrons. The van der Waals surface area contributed by atoms with E-state index in [9.17, 15) is 53.1 Å². The third-order valence-electron chi connectivity index (χ3n) is 4.26. The van der Waals surface area contributed by atoms with Crippen LogP contribution >= 0.6 is 0 Å². The maximum Gasteiger partial charge on any atom is 0.468 e. The van der Waals surface area contributed by atoms with E-state index in [1.54, 1.807) is 0 Å². The second-order valence-electron chi connectivity index (χ2n) is 6.77. The molecule has 17 heteroatoms. The molecule has 0 aromatic heterocycles. The predicted molar refractivity (Wildman–Crippen MR) is 85.5 cm³/mol. The maximum absolute atomic E-state index is 13.7. The number of hydrogen-bond donors (Lipinski definition) is 1. The number of rotatable bonds is 9. The molecule has 32 heavy (non-hydrogen) atoms. The summed E-state index contributed by atoms with van der Waals surface area (Å²) < 4.78 is 146. The minimum Gasteiger partial charge on any atom is -0.460 e. The summed E-state index contributed by atoms with van der Waals surface area (Å²) in [7, 11) is -6.35. The lowest BCUT2D eigenvalue weighted by atomic mass is 9.89. The van der Waals surface area contributed by atoms with Crippen LogP contribution in [-0.2, 0) is 33.9 Å². The van der Waals surface area contributed by atoms with E-state index in [2.05, 4.69) is 14.2 Å². The lowest BCUT2D eigenvalue weighted by Crippen LogP contribution is -2.60. The molecule has 1 fully saturated rings. The largest absolute Gasteiger partial charge is 0.468 e. The van der Waals surface area contributed by atoms with Crippen LogP contribution in [0.4, 0.5) is 35.1 Å². The molecule has 1 saturated carbocycles. The summed E-state index contributed by atoms with van der Waals surface area (Å²) in [5.41, 5.74) is 0. The fourth-order valence-electron chi connectivity index (χ4n) is 2.56. The van der Waals surface area contributed by atoms with E-state index in [1.165, 1.54) is 0 Å². The van der Waals surface area contributed by atoms with Gasteiger partial charge in [-0.3, -0.25) is 9.35 Å². The van der Waals surface area contributed by atoms with Gasteiger partial charge in [0, 0.05) is 0 Å². The Morgan fingerprint density at radius 1 is 0.938 bits per heavy atom. The molecule has 0 radical (unpaired) electrons. The Balaban J connectivity index is 3.28. The molecule has 0 spiro atoms. The highest BCUT2D eigenvalue weighted by Crippen LogP contribution is 2.40. The summed E-state index contributed by atoms with van der Waals surface area (Å²) in [6.45, 7) is -4.57. The molecular formula is C15H18F8O8S. The third kappa shape index (κ3) is 7.40. The fourth-order valence-corrected chi connectivity index (χ4v) is 2.77. The van der Waals surface area contributed by atoms with Gasteiger partial charge in [-0.2, -0.15) is 43.5 Å². The number of hydrogen-bond acceptors (Lipinski definition) is 7. The Labute approximate surface area is 175 Å². The van der Waals surface area contributed by atoms with Gasteiger partial charge < -0.3 is 14.2 Å². The summed E-state index contributed by atoms with van der Waals surface area (Å²) in [5, 5.41) is -5.41. The standard InChI is InChI=1S/C15H18F8O8S/c16-12(17,18)6-7-29-11(25)14(15(21,22)23,30-8-13(19,20)32(26,27)28)31-10(24)9-4-2-1-3-5-9/h9H,1-8H2,(H,26,27,28). The average Bonchev–Trinajstić information content (AvgIpc) is 2.62. The average molecular weight is 510 g/mol. The molecule has 0 saturated heterocycles. The Kier molecular flexibility index (Phi) is 8.86. The molecule has 0 amide bonds. The maximum atomic E-state index is 13.7. The Hall–Kier alpha value is -1.75. The Morgan fingerprint density at radius 2 is 1.47 bits per heavy atom. The van der Waals surface area contributed by atoms with Crippen LogP contribution in [0.1, 0.15) is 38.5 Å². The summed E-state index contributed by atoms with van der Waals surface area (Å²) in [6.07, 6.45) is -11.8. The number of carbonyl (C=O) groups is 2. The van der Waals surface area contributed by atoms with Crippen LogP contribution in [0.25, 0.3) is 0 Å². The zero-order valence-electron chi connectivity index (χ0n) is 16.0. The molecule has 1 unspecified atom stereocenters. The van der Waals surface area contributed by atoms with Gasteiger partial charge in [-0.05, 0) is 12.8 Å². The third-order valence-corrected chi connectivity index (χ3v) is 5.14. The van der Waals surface area contributed by atoms with Crippen LogP contribution in [-0.4, -0.2) is 61.5 Å². The molecule has 1 aliphatic carbocycles. The zero-order valence-corrected chi connectivity index (χ0v) is 16.8. The van der Waals surface area contributed by atoms with Gasteiger partial charge in [0.15, 0.2) is 0 Å². The second-order valence-corrected chi connectivity index (χ2v) is 8.32. The molecule has 0 bridgehead atoms. The molecule has 0 aromatic rings. The molecule has 1 atom stereocenters. The lowest BCUT2D eigenvalue weighted by molar-refractivity contribution is -0.362. The van der Waals surface area contributed by atoms with Gasteiger partial charge in [0.1, 0.15) is 13.2 Å². The smallest absolute Gasteiger partial charge is 0.460 e. The number of esters is 2. The molecule has 0 aromatic carbocycles. The minimum atomic E-state index is -6.35. The molecule has 8 nitrogen and oxygen atoms in total. The number of carbonyl (C=O) groups excluding carboxylic acids is 2. The second kappa shape index (κ2) is 10.0. The first-order chi connectivity index (χ1) is 14.3. The monoisotopic (exact) mass is 510 g/mol. The highest BCUT2D eigenvalue weighted by Gasteiger charge is 2.69. The SMILES string of the molecule is O=C(OC(OCC(F)(F)S(=O)(=O)O)(C(=O)OCCC(F)(F)F)C(F)(F)F)C1CCCCC1. The van der Waals surface area contributed by atoms with Crippen molar-refractivity contribution in [3.63, 3.8) is 0 Å². The van der Waals surface area contributed by atoms with Crippen molar-refractivity contribution in [3.8, 4) is 0 Å². The van der Waals surface area contributed by atoms with E-state index in [4.69, 9.17) is 4.55 Å². The van der Waals surface area contributed by atoms with Crippen LogP contribution in [0.5, 0.6) is 0 Å². The number of halogens is 8. The highest BCUT2D eigenvalue weighted by atomic mass is 32.2. The van der Waals surface area contributed by atoms with Crippen molar-refractivity contribution in [1.82, 2.24) is 0 Å². The van der Waals surface area contributed by atoms with E-state index in [-0.39, 0.29) is 12.8 Å². The highest BCUT2D eigenvalue weighted by molar-refractivity contribution is 7.86. The first kappa shape index (κ1) is 28.3. The minimum absolute atomic E-state index is 0.00291. The summed E-state index contributed by atoms with van der Waals surface area (Å²) in [5.74, 6) is -10.8. The predicted octanol–water partition coefficient (Wildman–Crippen LogP) is 3.36. The normalized spacial score (nSPS) is 18.7. The van der Waals surface area contributed by atoms with Crippen molar-refractivity contribution < 1.29 is 71.9 Å². The van der Waals surface area contributed by atoms with E-state index in [0.29, 0.717) is 19.3 Å². The van der Waals surface area contributed by atoms with Crippen LogP contribution in [0.3, 0.4) is 0 Å². The first-order valence-corrected chi connectivity index (χ1v) is 10.3. The van der Waals surface area contributed by atoms with Gasteiger partial charge in [0.05, 0.1) is 12.3 Å². The van der Waals surface area contributed by atoms with E-state index in [1.807, 2.05) is 0 Å². The molecule has 1 aliphatic rings. The van der Waals surface area contributed by atoms with E-state index in [0.717, 1.165) is 0 Å². The topological polar surface area (TPSA) is 116 Å². The fraction of sp³-hybridized carbons (Fsp3) is 0.867. The summed E-state index contributed by atoms with van der Waals surface area (Å²) in [6, 6.07) is 0.